The Morgan fingerprint density at radius 3 is 2.37 bits per heavy atom. The zero-order valence-corrected chi connectivity index (χ0v) is 11.2. The number of hydrogen-bond donors (Lipinski definition) is 1. The third kappa shape index (κ3) is 4.94. The molecular weight excluding hydrogens is 285 g/mol. The second-order valence-corrected chi connectivity index (χ2v) is 5.09. The Kier molecular flexibility index (Phi) is 4.29. The molecule has 0 aliphatic carbocycles. The lowest BCUT2D eigenvalue weighted by molar-refractivity contribution is -0.141. The van der Waals surface area contributed by atoms with Gasteiger partial charge in [0.2, 0.25) is 0 Å². The minimum Gasteiger partial charge on any atom is -0.444 e. The van der Waals surface area contributed by atoms with Crippen LogP contribution >= 0.6 is 11.6 Å². The Hall–Kier alpha value is -1.50. The molecule has 0 aliphatic rings. The van der Waals surface area contributed by atoms with Crippen molar-refractivity contribution in [2.75, 3.05) is 5.32 Å². The molecule has 1 aromatic rings. The van der Waals surface area contributed by atoms with E-state index in [2.05, 4.69) is 10.3 Å². The van der Waals surface area contributed by atoms with Crippen molar-refractivity contribution < 1.29 is 22.7 Å². The highest BCUT2D eigenvalue weighted by Crippen LogP contribution is 2.33. The van der Waals surface area contributed by atoms with E-state index in [-0.39, 0.29) is 5.69 Å². The monoisotopic (exact) mass is 296 g/mol. The molecule has 0 bridgehead atoms. The van der Waals surface area contributed by atoms with Crippen LogP contribution in [-0.2, 0) is 10.9 Å². The fourth-order valence-electron chi connectivity index (χ4n) is 1.14. The molecule has 1 rings (SSSR count). The molecule has 0 saturated heterocycles. The number of anilines is 1. The van der Waals surface area contributed by atoms with Crippen LogP contribution < -0.4 is 5.32 Å². The summed E-state index contributed by atoms with van der Waals surface area (Å²) in [5.74, 6) is 0. The van der Waals surface area contributed by atoms with E-state index < -0.39 is 28.6 Å². The van der Waals surface area contributed by atoms with E-state index in [9.17, 15) is 18.0 Å². The first-order valence-electron chi connectivity index (χ1n) is 5.22. The number of ether oxygens (including phenoxy) is 1. The van der Waals surface area contributed by atoms with Gasteiger partial charge >= 0.3 is 12.3 Å². The summed E-state index contributed by atoms with van der Waals surface area (Å²) in [4.78, 5) is 14.6. The van der Waals surface area contributed by atoms with Gasteiger partial charge in [-0.1, -0.05) is 11.6 Å². The molecule has 1 heterocycles. The van der Waals surface area contributed by atoms with Crippen molar-refractivity contribution in [3.63, 3.8) is 0 Å². The first kappa shape index (κ1) is 15.6. The smallest absolute Gasteiger partial charge is 0.434 e. The van der Waals surface area contributed by atoms with Crippen molar-refractivity contribution in [1.82, 2.24) is 4.98 Å². The van der Waals surface area contributed by atoms with E-state index in [1.54, 1.807) is 20.8 Å². The molecule has 0 unspecified atom stereocenters. The van der Waals surface area contributed by atoms with Gasteiger partial charge in [-0.05, 0) is 26.8 Å². The number of hydrogen-bond acceptors (Lipinski definition) is 3. The van der Waals surface area contributed by atoms with Gasteiger partial charge in [-0.25, -0.2) is 9.78 Å². The van der Waals surface area contributed by atoms with Crippen LogP contribution in [0.4, 0.5) is 23.7 Å². The van der Waals surface area contributed by atoms with Crippen molar-refractivity contribution >= 4 is 23.4 Å². The fraction of sp³-hybridized carbons (Fsp3) is 0.455. The molecule has 1 amide bonds. The summed E-state index contributed by atoms with van der Waals surface area (Å²) in [6.45, 7) is 4.97. The molecule has 0 radical (unpaired) electrons. The fourth-order valence-corrected chi connectivity index (χ4v) is 1.41. The number of pyridine rings is 1. The molecule has 0 aromatic carbocycles. The Bertz CT molecular complexity index is 484. The molecule has 19 heavy (non-hydrogen) atoms. The summed E-state index contributed by atoms with van der Waals surface area (Å²) in [5.41, 5.74) is -1.90. The largest absolute Gasteiger partial charge is 0.444 e. The molecule has 4 nitrogen and oxygen atoms in total. The topological polar surface area (TPSA) is 51.2 Å². The number of alkyl halides is 3. The van der Waals surface area contributed by atoms with Crippen LogP contribution in [-0.4, -0.2) is 16.7 Å². The maximum Gasteiger partial charge on any atom is 0.434 e. The van der Waals surface area contributed by atoms with E-state index in [0.717, 1.165) is 12.3 Å². The van der Waals surface area contributed by atoms with Crippen LogP contribution in [0, 0.1) is 0 Å². The predicted molar refractivity (Wildman–Crippen MR) is 64.1 cm³/mol. The van der Waals surface area contributed by atoms with Crippen LogP contribution in [0.1, 0.15) is 26.5 Å². The van der Waals surface area contributed by atoms with Gasteiger partial charge in [-0.15, -0.1) is 0 Å². The summed E-state index contributed by atoms with van der Waals surface area (Å²) in [6, 6.07) is 0.960. The first-order valence-corrected chi connectivity index (χ1v) is 5.59. The molecule has 0 saturated carbocycles. The average Bonchev–Trinajstić information content (AvgIpc) is 2.11. The van der Waals surface area contributed by atoms with E-state index in [1.807, 2.05) is 0 Å². The SMILES string of the molecule is CC(C)(C)OC(=O)Nc1cnc(C(F)(F)F)c(Cl)c1. The van der Waals surface area contributed by atoms with Crippen LogP contribution in [0.2, 0.25) is 5.02 Å². The maximum atomic E-state index is 12.4. The van der Waals surface area contributed by atoms with E-state index in [4.69, 9.17) is 16.3 Å². The van der Waals surface area contributed by atoms with Gasteiger partial charge in [0.25, 0.3) is 0 Å². The summed E-state index contributed by atoms with van der Waals surface area (Å²) < 4.78 is 42.2. The maximum absolute atomic E-state index is 12.4. The number of rotatable bonds is 1. The Morgan fingerprint density at radius 2 is 1.95 bits per heavy atom. The highest BCUT2D eigenvalue weighted by atomic mass is 35.5. The van der Waals surface area contributed by atoms with Crippen molar-refractivity contribution in [1.29, 1.82) is 0 Å². The molecule has 0 spiro atoms. The van der Waals surface area contributed by atoms with Gasteiger partial charge in [0, 0.05) is 0 Å². The van der Waals surface area contributed by atoms with Crippen molar-refractivity contribution in [2.45, 2.75) is 32.5 Å². The number of halogens is 4. The van der Waals surface area contributed by atoms with Gasteiger partial charge < -0.3 is 4.74 Å². The Morgan fingerprint density at radius 1 is 1.37 bits per heavy atom. The molecule has 0 fully saturated rings. The lowest BCUT2D eigenvalue weighted by atomic mass is 10.2. The third-order valence-electron chi connectivity index (χ3n) is 1.75. The van der Waals surface area contributed by atoms with E-state index in [0.29, 0.717) is 0 Å². The Labute approximate surface area is 112 Å². The quantitative estimate of drug-likeness (QED) is 0.849. The highest BCUT2D eigenvalue weighted by molar-refractivity contribution is 6.31. The van der Waals surface area contributed by atoms with Gasteiger partial charge in [-0.2, -0.15) is 13.2 Å². The van der Waals surface area contributed by atoms with E-state index >= 15 is 0 Å². The standard InChI is InChI=1S/C11H12ClF3N2O2/c1-10(2,3)19-9(18)17-6-4-7(12)8(16-5-6)11(13,14)15/h4-5H,1-3H3,(H,17,18). The van der Waals surface area contributed by atoms with Gasteiger partial charge in [0.05, 0.1) is 16.9 Å². The lowest BCUT2D eigenvalue weighted by Gasteiger charge is -2.19. The molecule has 106 valence electrons. The number of carbonyl (C=O) groups excluding carboxylic acids is 1. The minimum absolute atomic E-state index is 0.0206. The number of nitrogens with one attached hydrogen (secondary N) is 1. The molecular formula is C11H12ClF3N2O2. The molecule has 1 N–H and O–H groups in total. The summed E-state index contributed by atoms with van der Waals surface area (Å²) in [6.07, 6.45) is -4.58. The van der Waals surface area contributed by atoms with Crippen molar-refractivity contribution in [3.8, 4) is 0 Å². The highest BCUT2D eigenvalue weighted by Gasteiger charge is 2.35. The molecule has 0 aliphatic heterocycles. The van der Waals surface area contributed by atoms with E-state index in [1.165, 1.54) is 0 Å². The second-order valence-electron chi connectivity index (χ2n) is 4.68. The van der Waals surface area contributed by atoms with Crippen LogP contribution in [0.5, 0.6) is 0 Å². The van der Waals surface area contributed by atoms with Gasteiger partial charge in [-0.3, -0.25) is 5.32 Å². The summed E-state index contributed by atoms with van der Waals surface area (Å²) >= 11 is 5.46. The van der Waals surface area contributed by atoms with Crippen LogP contribution in [0.25, 0.3) is 0 Å². The number of carbonyl (C=O) groups is 1. The second kappa shape index (κ2) is 5.24. The number of aromatic nitrogens is 1. The predicted octanol–water partition coefficient (Wildman–Crippen LogP) is 4.10. The van der Waals surface area contributed by atoms with Gasteiger partial charge in [0.15, 0.2) is 5.69 Å². The summed E-state index contributed by atoms with van der Waals surface area (Å²) in [7, 11) is 0. The summed E-state index contributed by atoms with van der Waals surface area (Å²) in [5, 5.41) is 1.65. The number of amides is 1. The zero-order valence-electron chi connectivity index (χ0n) is 10.4. The Balaban J connectivity index is 2.83. The minimum atomic E-state index is -4.64. The average molecular weight is 297 g/mol. The molecule has 1 aromatic heterocycles. The van der Waals surface area contributed by atoms with Gasteiger partial charge in [0.1, 0.15) is 5.60 Å². The first-order chi connectivity index (χ1) is 8.49. The number of nitrogens with zero attached hydrogens (tertiary/aromatic N) is 1. The lowest BCUT2D eigenvalue weighted by Crippen LogP contribution is -2.27. The van der Waals surface area contributed by atoms with Crippen LogP contribution in [0.3, 0.4) is 0 Å². The van der Waals surface area contributed by atoms with Crippen molar-refractivity contribution in [2.24, 2.45) is 0 Å². The van der Waals surface area contributed by atoms with Crippen LogP contribution in [0.15, 0.2) is 12.3 Å². The molecule has 8 heteroatoms. The third-order valence-corrected chi connectivity index (χ3v) is 2.04. The molecule has 0 atom stereocenters. The zero-order chi connectivity index (χ0) is 14.8. The van der Waals surface area contributed by atoms with Crippen molar-refractivity contribution in [3.05, 3.63) is 23.0 Å². The normalized spacial score (nSPS) is 12.2.